The number of aliphatic hydroxyl groups is 1. The maximum absolute atomic E-state index is 15.2. The van der Waals surface area contributed by atoms with Gasteiger partial charge in [-0.05, 0) is 59.5 Å². The molecule has 3 amide bonds. The lowest BCUT2D eigenvalue weighted by Gasteiger charge is -2.41. The number of carboxylic acids is 1. The molecule has 0 radical (unpaired) electrons. The number of nitrogens with two attached hydrogens (primary N) is 1. The minimum Gasteiger partial charge on any atom is -0.475 e. The summed E-state index contributed by atoms with van der Waals surface area (Å²) >= 11 is 0. The van der Waals surface area contributed by atoms with Crippen LogP contribution in [0.5, 0.6) is 0 Å². The first-order valence-electron chi connectivity index (χ1n) is 21.0. The average molecular weight is 942 g/mol. The third kappa shape index (κ3) is 19.3. The van der Waals surface area contributed by atoms with Gasteiger partial charge in [0.1, 0.15) is 30.3 Å². The van der Waals surface area contributed by atoms with Crippen LogP contribution in [0.3, 0.4) is 0 Å². The molecule has 0 spiro atoms. The van der Waals surface area contributed by atoms with Crippen molar-refractivity contribution in [3.05, 3.63) is 83.7 Å². The van der Waals surface area contributed by atoms with Crippen LogP contribution in [0.25, 0.3) is 11.1 Å². The predicted molar refractivity (Wildman–Crippen MR) is 237 cm³/mol. The summed E-state index contributed by atoms with van der Waals surface area (Å²) in [6.07, 6.45) is -3.89. The topological polar surface area (TPSA) is 203 Å². The SMILES string of the molecule is CC(C)(C)CCOC(=O)N[C@@H](CCN(C(=O)CO)[C@@H](c1cc(-c2cc(F)ccc2F)cn1Cc1ccccc1)C(C)(C)C)C(=O)N[C@H](CN)C(=O)OCC[Si](C)(C)C.O=C(O)C(F)(F)F. The smallest absolute Gasteiger partial charge is 0.475 e. The van der Waals surface area contributed by atoms with Crippen molar-refractivity contribution in [2.75, 3.05) is 32.9 Å². The van der Waals surface area contributed by atoms with Crippen LogP contribution in [0.1, 0.15) is 71.7 Å². The molecule has 0 aliphatic carbocycles. The van der Waals surface area contributed by atoms with Crippen LogP contribution in [0.2, 0.25) is 25.7 Å². The van der Waals surface area contributed by atoms with Gasteiger partial charge in [-0.1, -0.05) is 91.5 Å². The second-order valence-electron chi connectivity index (χ2n) is 18.9. The lowest BCUT2D eigenvalue weighted by molar-refractivity contribution is -0.192. The normalized spacial score (nSPS) is 13.4. The van der Waals surface area contributed by atoms with Crippen LogP contribution < -0.4 is 16.4 Å². The van der Waals surface area contributed by atoms with Crippen LogP contribution >= 0.6 is 0 Å². The first-order valence-corrected chi connectivity index (χ1v) is 24.7. The second-order valence-corrected chi connectivity index (χ2v) is 24.5. The molecule has 65 heavy (non-hydrogen) atoms. The number of esters is 1. The van der Waals surface area contributed by atoms with E-state index in [2.05, 4.69) is 30.3 Å². The number of nitrogens with one attached hydrogen (secondary N) is 2. The summed E-state index contributed by atoms with van der Waals surface area (Å²) in [6, 6.07) is 11.7. The van der Waals surface area contributed by atoms with E-state index >= 15 is 4.39 Å². The fourth-order valence-electron chi connectivity index (χ4n) is 6.32. The van der Waals surface area contributed by atoms with Crippen LogP contribution in [-0.4, -0.2) is 109 Å². The number of amides is 3. The maximum Gasteiger partial charge on any atom is 0.490 e. The number of hydrogen-bond acceptors (Lipinski definition) is 9. The molecule has 0 fully saturated rings. The van der Waals surface area contributed by atoms with E-state index in [-0.39, 0.29) is 43.7 Å². The first kappa shape index (κ1) is 55.8. The number of carbonyl (C=O) groups is 5. The molecule has 3 atom stereocenters. The van der Waals surface area contributed by atoms with E-state index in [0.29, 0.717) is 30.3 Å². The minimum atomic E-state index is -5.08. The highest BCUT2D eigenvalue weighted by molar-refractivity contribution is 6.76. The molecule has 0 saturated carbocycles. The van der Waals surface area contributed by atoms with Gasteiger partial charge in [-0.15, -0.1) is 0 Å². The van der Waals surface area contributed by atoms with Crippen LogP contribution in [0, 0.1) is 22.5 Å². The zero-order valence-electron chi connectivity index (χ0n) is 38.5. The molecule has 6 N–H and O–H groups in total. The zero-order chi connectivity index (χ0) is 49.5. The second kappa shape index (κ2) is 24.3. The van der Waals surface area contributed by atoms with Crippen LogP contribution in [0.15, 0.2) is 60.8 Å². The van der Waals surface area contributed by atoms with Gasteiger partial charge in [-0.25, -0.2) is 23.2 Å². The standard InChI is InChI=1S/C43H63F2N5O7Si.C2HF3O2/c1-42(2,3)18-20-57-41(55)48-34(39(53)47-35(25-46)40(54)56-21-22-58(7,8)9)17-19-50(37(52)28-51)38(43(4,5)6)36-23-30(32-24-31(44)15-16-33(32)45)27-49(36)26-29-13-11-10-12-14-29;3-2(4,5)1(6)7/h10-16,23-24,27,34-35,38,51H,17-22,25-26,28,46H2,1-9H3,(H,47,53)(H,48,55);(H,6,7)/t34-,35+,38-;/m0./s1. The molecule has 3 aromatic rings. The van der Waals surface area contributed by atoms with E-state index in [9.17, 15) is 41.8 Å². The Balaban J connectivity index is 0.00000191. The van der Waals surface area contributed by atoms with Crippen molar-refractivity contribution in [3.8, 4) is 11.1 Å². The van der Waals surface area contributed by atoms with Gasteiger partial charge in [0.2, 0.25) is 11.8 Å². The number of aliphatic carboxylic acids is 1. The quantitative estimate of drug-likeness (QED) is 0.0462. The van der Waals surface area contributed by atoms with Gasteiger partial charge in [0, 0.05) is 50.7 Å². The molecule has 0 bridgehead atoms. The van der Waals surface area contributed by atoms with Gasteiger partial charge in [0.15, 0.2) is 0 Å². The van der Waals surface area contributed by atoms with Gasteiger partial charge in [0.05, 0.1) is 19.3 Å². The number of ether oxygens (including phenoxy) is 2. The van der Waals surface area contributed by atoms with Crippen molar-refractivity contribution in [2.45, 2.75) is 111 Å². The number of carbonyl (C=O) groups excluding carboxylic acids is 4. The fraction of sp³-hybridized carbons (Fsp3) is 0.533. The largest absolute Gasteiger partial charge is 0.490 e. The van der Waals surface area contributed by atoms with E-state index in [0.717, 1.165) is 23.8 Å². The van der Waals surface area contributed by atoms with Crippen LogP contribution in [-0.2, 0) is 35.2 Å². The molecule has 0 saturated heterocycles. The number of benzene rings is 2. The molecule has 14 nitrogen and oxygen atoms in total. The van der Waals surface area contributed by atoms with Crippen molar-refractivity contribution in [1.82, 2.24) is 20.1 Å². The molecule has 2 aromatic carbocycles. The first-order chi connectivity index (χ1) is 30.0. The Kier molecular flexibility index (Phi) is 20.8. The fourth-order valence-corrected chi connectivity index (χ4v) is 7.03. The Morgan fingerprint density at radius 3 is 2.02 bits per heavy atom. The Hall–Kier alpha value is -5.34. The summed E-state index contributed by atoms with van der Waals surface area (Å²) in [5.74, 6) is -6.16. The van der Waals surface area contributed by atoms with Crippen molar-refractivity contribution in [1.29, 1.82) is 0 Å². The lowest BCUT2D eigenvalue weighted by atomic mass is 9.82. The lowest BCUT2D eigenvalue weighted by Crippen LogP contribution is -2.55. The van der Waals surface area contributed by atoms with E-state index in [4.69, 9.17) is 25.1 Å². The molecule has 3 rings (SSSR count). The number of rotatable bonds is 19. The highest BCUT2D eigenvalue weighted by Gasteiger charge is 2.39. The van der Waals surface area contributed by atoms with E-state index < -0.39 is 85.9 Å². The number of halogens is 5. The number of aromatic nitrogens is 1. The van der Waals surface area contributed by atoms with Gasteiger partial charge < -0.3 is 45.5 Å². The Morgan fingerprint density at radius 1 is 0.877 bits per heavy atom. The van der Waals surface area contributed by atoms with Gasteiger partial charge in [0.25, 0.3) is 0 Å². The maximum atomic E-state index is 15.2. The van der Waals surface area contributed by atoms with E-state index in [1.54, 1.807) is 12.3 Å². The highest BCUT2D eigenvalue weighted by Crippen LogP contribution is 2.41. The van der Waals surface area contributed by atoms with E-state index in [1.807, 2.05) is 76.4 Å². The number of nitrogens with zero attached hydrogens (tertiary/aromatic N) is 2. The Bertz CT molecular complexity index is 2050. The monoisotopic (exact) mass is 941 g/mol. The number of alkyl halides is 3. The summed E-state index contributed by atoms with van der Waals surface area (Å²) in [7, 11) is -1.53. The van der Waals surface area contributed by atoms with Gasteiger partial charge >= 0.3 is 24.2 Å². The molecule has 0 aliphatic rings. The molecular weight excluding hydrogens is 878 g/mol. The number of hydrogen-bond donors (Lipinski definition) is 5. The summed E-state index contributed by atoms with van der Waals surface area (Å²) in [6.45, 7) is 17.3. The summed E-state index contributed by atoms with van der Waals surface area (Å²) in [5.41, 5.74) is 6.88. The van der Waals surface area contributed by atoms with Crippen molar-refractivity contribution in [2.24, 2.45) is 16.6 Å². The van der Waals surface area contributed by atoms with E-state index in [1.165, 1.54) is 4.90 Å². The van der Waals surface area contributed by atoms with Gasteiger partial charge in [-0.2, -0.15) is 13.2 Å². The highest BCUT2D eigenvalue weighted by atomic mass is 28.3. The third-order valence-corrected chi connectivity index (χ3v) is 11.5. The van der Waals surface area contributed by atoms with Crippen molar-refractivity contribution in [3.63, 3.8) is 0 Å². The molecule has 0 aliphatic heterocycles. The van der Waals surface area contributed by atoms with Crippen molar-refractivity contribution >= 4 is 37.9 Å². The summed E-state index contributed by atoms with van der Waals surface area (Å²) in [5, 5.41) is 22.6. The minimum absolute atomic E-state index is 0.0279. The molecule has 362 valence electrons. The Labute approximate surface area is 378 Å². The molecular formula is C45H64F5N5O9Si. The molecule has 0 unspecified atom stereocenters. The third-order valence-electron chi connectivity index (χ3n) is 9.76. The molecule has 1 heterocycles. The number of aliphatic hydroxyl groups excluding tert-OH is 1. The summed E-state index contributed by atoms with van der Waals surface area (Å²) < 4.78 is 74.1. The summed E-state index contributed by atoms with van der Waals surface area (Å²) in [4.78, 5) is 64.2. The molecule has 1 aromatic heterocycles. The Morgan fingerprint density at radius 2 is 1.49 bits per heavy atom. The van der Waals surface area contributed by atoms with Crippen molar-refractivity contribution < 1.29 is 65.6 Å². The molecule has 20 heteroatoms. The average Bonchev–Trinajstić information content (AvgIpc) is 3.59. The van der Waals surface area contributed by atoms with Crippen LogP contribution in [0.4, 0.5) is 26.7 Å². The number of carboxylic acid groups (broad SMARTS) is 1. The van der Waals surface area contributed by atoms with Gasteiger partial charge in [-0.3, -0.25) is 9.59 Å². The predicted octanol–water partition coefficient (Wildman–Crippen LogP) is 7.27. The zero-order valence-corrected chi connectivity index (χ0v) is 39.5. The number of alkyl carbamates (subject to hydrolysis) is 1.